The fraction of sp³-hybridized carbons (Fsp3) is 0.118. The summed E-state index contributed by atoms with van der Waals surface area (Å²) in [4.78, 5) is 20.2. The number of thiazole rings is 1. The van der Waals surface area contributed by atoms with Gasteiger partial charge in [-0.25, -0.2) is 9.97 Å². The fourth-order valence-electron chi connectivity index (χ4n) is 2.17. The predicted octanol–water partition coefficient (Wildman–Crippen LogP) is 5.06. The molecular formula is C17H11ClF3N3OS. The molecule has 134 valence electrons. The van der Waals surface area contributed by atoms with E-state index < -0.39 is 11.7 Å². The number of carbonyl (C=O) groups excluding carboxylic acids is 1. The van der Waals surface area contributed by atoms with Crippen LogP contribution in [0.3, 0.4) is 0 Å². The van der Waals surface area contributed by atoms with Crippen molar-refractivity contribution in [1.82, 2.24) is 9.97 Å². The first-order chi connectivity index (χ1) is 12.3. The van der Waals surface area contributed by atoms with Gasteiger partial charge in [0.1, 0.15) is 10.2 Å². The van der Waals surface area contributed by atoms with Gasteiger partial charge in [0.15, 0.2) is 0 Å². The normalized spacial score (nSPS) is 11.4. The maximum absolute atomic E-state index is 12.8. The Balaban J connectivity index is 1.70. The lowest BCUT2D eigenvalue weighted by molar-refractivity contribution is -0.137. The third-order valence-corrected chi connectivity index (χ3v) is 4.51. The van der Waals surface area contributed by atoms with E-state index in [1.165, 1.54) is 23.6 Å². The van der Waals surface area contributed by atoms with E-state index in [0.29, 0.717) is 27.1 Å². The Kier molecular flexibility index (Phi) is 5.24. The number of halogens is 4. The van der Waals surface area contributed by atoms with Gasteiger partial charge in [0, 0.05) is 10.9 Å². The van der Waals surface area contributed by atoms with Crippen LogP contribution >= 0.6 is 22.9 Å². The van der Waals surface area contributed by atoms with E-state index in [1.807, 2.05) is 0 Å². The standard InChI is InChI=1S/C17H11ClF3N3OS/c18-14-5-4-12(8-22-14)23-15(25)7-13-9-26-16(24-13)10-2-1-3-11(6-10)17(19,20)21/h1-6,8-9H,7H2,(H,23,25). The van der Waals surface area contributed by atoms with Crippen LogP contribution in [-0.2, 0) is 17.4 Å². The molecule has 0 saturated heterocycles. The summed E-state index contributed by atoms with van der Waals surface area (Å²) in [6.45, 7) is 0. The zero-order valence-electron chi connectivity index (χ0n) is 13.0. The Hall–Kier alpha value is -2.45. The average molecular weight is 398 g/mol. The van der Waals surface area contributed by atoms with Gasteiger partial charge in [0.2, 0.25) is 5.91 Å². The highest BCUT2D eigenvalue weighted by molar-refractivity contribution is 7.13. The van der Waals surface area contributed by atoms with Gasteiger partial charge in [-0.05, 0) is 24.3 Å². The summed E-state index contributed by atoms with van der Waals surface area (Å²) in [7, 11) is 0. The molecule has 0 radical (unpaired) electrons. The van der Waals surface area contributed by atoms with E-state index in [-0.39, 0.29) is 12.3 Å². The zero-order chi connectivity index (χ0) is 18.7. The van der Waals surface area contributed by atoms with Gasteiger partial charge in [0.25, 0.3) is 0 Å². The number of rotatable bonds is 4. The number of pyridine rings is 1. The smallest absolute Gasteiger partial charge is 0.324 e. The van der Waals surface area contributed by atoms with Gasteiger partial charge >= 0.3 is 6.18 Å². The Morgan fingerprint density at radius 2 is 2.04 bits per heavy atom. The van der Waals surface area contributed by atoms with Crippen molar-refractivity contribution in [2.75, 3.05) is 5.32 Å². The number of benzene rings is 1. The van der Waals surface area contributed by atoms with Crippen LogP contribution in [0.15, 0.2) is 48.0 Å². The minimum atomic E-state index is -4.41. The molecule has 2 aromatic heterocycles. The third kappa shape index (κ3) is 4.59. The van der Waals surface area contributed by atoms with Crippen molar-refractivity contribution < 1.29 is 18.0 Å². The van der Waals surface area contributed by atoms with Crippen LogP contribution in [0.2, 0.25) is 5.15 Å². The summed E-state index contributed by atoms with van der Waals surface area (Å²) in [5.74, 6) is -0.310. The van der Waals surface area contributed by atoms with Crippen LogP contribution in [0, 0.1) is 0 Å². The van der Waals surface area contributed by atoms with Crippen molar-refractivity contribution in [3.05, 3.63) is 64.4 Å². The highest BCUT2D eigenvalue weighted by atomic mass is 35.5. The maximum atomic E-state index is 12.8. The first-order valence-electron chi connectivity index (χ1n) is 7.35. The topological polar surface area (TPSA) is 54.9 Å². The molecule has 0 fully saturated rings. The molecule has 2 heterocycles. The lowest BCUT2D eigenvalue weighted by Gasteiger charge is -2.07. The summed E-state index contributed by atoms with van der Waals surface area (Å²) in [6, 6.07) is 8.10. The number of alkyl halides is 3. The summed E-state index contributed by atoms with van der Waals surface area (Å²) in [5.41, 5.74) is 0.590. The van der Waals surface area contributed by atoms with Crippen LogP contribution < -0.4 is 5.32 Å². The number of carbonyl (C=O) groups is 1. The largest absolute Gasteiger partial charge is 0.416 e. The van der Waals surface area contributed by atoms with Gasteiger partial charge < -0.3 is 5.32 Å². The number of hydrogen-bond donors (Lipinski definition) is 1. The van der Waals surface area contributed by atoms with Crippen molar-refractivity contribution in [3.8, 4) is 10.6 Å². The summed E-state index contributed by atoms with van der Waals surface area (Å²) < 4.78 is 38.4. The SMILES string of the molecule is O=C(Cc1csc(-c2cccc(C(F)(F)F)c2)n1)Nc1ccc(Cl)nc1. The molecule has 26 heavy (non-hydrogen) atoms. The minimum Gasteiger partial charge on any atom is -0.324 e. The lowest BCUT2D eigenvalue weighted by atomic mass is 10.1. The molecule has 3 rings (SSSR count). The highest BCUT2D eigenvalue weighted by Crippen LogP contribution is 2.33. The van der Waals surface area contributed by atoms with Crippen LogP contribution in [0.25, 0.3) is 10.6 Å². The van der Waals surface area contributed by atoms with Crippen molar-refractivity contribution in [1.29, 1.82) is 0 Å². The molecule has 3 aromatic rings. The molecule has 0 spiro atoms. The summed E-state index contributed by atoms with van der Waals surface area (Å²) in [6.07, 6.45) is -2.99. The van der Waals surface area contributed by atoms with Gasteiger partial charge in [-0.2, -0.15) is 13.2 Å². The summed E-state index contributed by atoms with van der Waals surface area (Å²) >= 11 is 6.86. The second-order valence-corrected chi connectivity index (χ2v) is 6.56. The Labute approximate surface area is 155 Å². The minimum absolute atomic E-state index is 0.00190. The molecule has 0 aliphatic carbocycles. The van der Waals surface area contributed by atoms with Crippen molar-refractivity contribution in [2.24, 2.45) is 0 Å². The molecule has 1 aromatic carbocycles. The van der Waals surface area contributed by atoms with Crippen molar-refractivity contribution >= 4 is 34.5 Å². The third-order valence-electron chi connectivity index (χ3n) is 3.34. The quantitative estimate of drug-likeness (QED) is 0.626. The second-order valence-electron chi connectivity index (χ2n) is 5.32. The predicted molar refractivity (Wildman–Crippen MR) is 94.1 cm³/mol. The van der Waals surface area contributed by atoms with E-state index in [1.54, 1.807) is 23.6 Å². The average Bonchev–Trinajstić information content (AvgIpc) is 3.05. The van der Waals surface area contributed by atoms with Gasteiger partial charge in [0.05, 0.1) is 29.6 Å². The number of hydrogen-bond acceptors (Lipinski definition) is 4. The molecule has 0 unspecified atom stereocenters. The van der Waals surface area contributed by atoms with E-state index in [9.17, 15) is 18.0 Å². The van der Waals surface area contributed by atoms with Crippen molar-refractivity contribution in [3.63, 3.8) is 0 Å². The Morgan fingerprint density at radius 1 is 1.23 bits per heavy atom. The van der Waals surface area contributed by atoms with E-state index in [0.717, 1.165) is 12.1 Å². The van der Waals surface area contributed by atoms with E-state index >= 15 is 0 Å². The fourth-order valence-corrected chi connectivity index (χ4v) is 3.10. The van der Waals surface area contributed by atoms with Crippen LogP contribution in [-0.4, -0.2) is 15.9 Å². The second kappa shape index (κ2) is 7.43. The molecule has 9 heteroatoms. The number of aromatic nitrogens is 2. The molecule has 1 N–H and O–H groups in total. The first-order valence-corrected chi connectivity index (χ1v) is 8.60. The molecular weight excluding hydrogens is 387 g/mol. The van der Waals surface area contributed by atoms with Gasteiger partial charge in [-0.3, -0.25) is 4.79 Å². The Bertz CT molecular complexity index is 926. The van der Waals surface area contributed by atoms with Crippen LogP contribution in [0.5, 0.6) is 0 Å². The van der Waals surface area contributed by atoms with Gasteiger partial charge in [-0.15, -0.1) is 11.3 Å². The van der Waals surface area contributed by atoms with E-state index in [4.69, 9.17) is 11.6 Å². The first kappa shape index (κ1) is 18.3. The number of amides is 1. The Morgan fingerprint density at radius 3 is 2.73 bits per heavy atom. The van der Waals surface area contributed by atoms with Crippen LogP contribution in [0.4, 0.5) is 18.9 Å². The number of nitrogens with one attached hydrogen (secondary N) is 1. The summed E-state index contributed by atoms with van der Waals surface area (Å²) in [5, 5.41) is 5.04. The highest BCUT2D eigenvalue weighted by Gasteiger charge is 2.30. The molecule has 4 nitrogen and oxygen atoms in total. The molecule has 0 saturated carbocycles. The molecule has 0 aliphatic heterocycles. The monoisotopic (exact) mass is 397 g/mol. The molecule has 0 bridgehead atoms. The van der Waals surface area contributed by atoms with E-state index in [2.05, 4.69) is 15.3 Å². The molecule has 1 amide bonds. The molecule has 0 atom stereocenters. The van der Waals surface area contributed by atoms with Crippen molar-refractivity contribution in [2.45, 2.75) is 12.6 Å². The van der Waals surface area contributed by atoms with Gasteiger partial charge in [-0.1, -0.05) is 23.7 Å². The lowest BCUT2D eigenvalue weighted by Crippen LogP contribution is -2.14. The number of anilines is 1. The zero-order valence-corrected chi connectivity index (χ0v) is 14.6. The van der Waals surface area contributed by atoms with Crippen LogP contribution in [0.1, 0.15) is 11.3 Å². The molecule has 0 aliphatic rings. The number of nitrogens with zero attached hydrogens (tertiary/aromatic N) is 2. The maximum Gasteiger partial charge on any atom is 0.416 e.